The highest BCUT2D eigenvalue weighted by Crippen LogP contribution is 2.27. The third kappa shape index (κ3) is 4.63. The summed E-state index contributed by atoms with van der Waals surface area (Å²) in [7, 11) is 0. The van der Waals surface area contributed by atoms with Crippen LogP contribution in [-0.2, 0) is 11.3 Å². The Morgan fingerprint density at radius 3 is 2.62 bits per heavy atom. The van der Waals surface area contributed by atoms with Gasteiger partial charge in [-0.15, -0.1) is 11.3 Å². The van der Waals surface area contributed by atoms with Gasteiger partial charge in [0.2, 0.25) is 0 Å². The Kier molecular flexibility index (Phi) is 6.00. The number of rotatable bonds is 5. The van der Waals surface area contributed by atoms with Crippen LogP contribution < -0.4 is 4.74 Å². The maximum absolute atomic E-state index is 12.3. The van der Waals surface area contributed by atoms with Crippen LogP contribution in [0.1, 0.15) is 4.88 Å². The maximum atomic E-state index is 12.3. The van der Waals surface area contributed by atoms with Gasteiger partial charge in [0.15, 0.2) is 6.61 Å². The van der Waals surface area contributed by atoms with E-state index < -0.39 is 0 Å². The van der Waals surface area contributed by atoms with E-state index in [9.17, 15) is 4.79 Å². The molecule has 0 aliphatic carbocycles. The van der Waals surface area contributed by atoms with Gasteiger partial charge in [0.05, 0.1) is 5.02 Å². The van der Waals surface area contributed by atoms with Crippen molar-refractivity contribution in [3.63, 3.8) is 0 Å². The van der Waals surface area contributed by atoms with Crippen molar-refractivity contribution in [2.45, 2.75) is 6.54 Å². The molecule has 2 aromatic rings. The molecule has 0 spiro atoms. The number of thiophene rings is 1. The summed E-state index contributed by atoms with van der Waals surface area (Å²) in [5, 5.41) is 3.05. The van der Waals surface area contributed by atoms with Crippen LogP contribution in [0.4, 0.5) is 0 Å². The number of hydrogen-bond acceptors (Lipinski definition) is 4. The van der Waals surface area contributed by atoms with Gasteiger partial charge in [0.1, 0.15) is 5.75 Å². The number of halogens is 2. The number of nitrogens with zero attached hydrogens (tertiary/aromatic N) is 2. The summed E-state index contributed by atoms with van der Waals surface area (Å²) >= 11 is 13.7. The van der Waals surface area contributed by atoms with Crippen LogP contribution >= 0.6 is 34.5 Å². The van der Waals surface area contributed by atoms with Gasteiger partial charge in [-0.25, -0.2) is 0 Å². The van der Waals surface area contributed by atoms with Crippen LogP contribution in [0.3, 0.4) is 0 Å². The van der Waals surface area contributed by atoms with Crippen LogP contribution in [0.2, 0.25) is 10.0 Å². The van der Waals surface area contributed by atoms with E-state index in [1.54, 1.807) is 29.5 Å². The summed E-state index contributed by atoms with van der Waals surface area (Å²) in [6, 6.07) is 9.19. The number of carbonyl (C=O) groups is 1. The molecule has 1 aliphatic rings. The number of hydrogen-bond donors (Lipinski definition) is 0. The van der Waals surface area contributed by atoms with E-state index in [2.05, 4.69) is 22.4 Å². The second-order valence-corrected chi connectivity index (χ2v) is 7.48. The zero-order valence-electron chi connectivity index (χ0n) is 13.1. The lowest BCUT2D eigenvalue weighted by Gasteiger charge is -2.34. The number of piperazine rings is 1. The highest BCUT2D eigenvalue weighted by molar-refractivity contribution is 7.09. The molecule has 0 atom stereocenters. The highest BCUT2D eigenvalue weighted by Gasteiger charge is 2.21. The fourth-order valence-electron chi connectivity index (χ4n) is 2.60. The summed E-state index contributed by atoms with van der Waals surface area (Å²) in [5.74, 6) is 0.461. The van der Waals surface area contributed by atoms with Gasteiger partial charge < -0.3 is 9.64 Å². The van der Waals surface area contributed by atoms with Crippen molar-refractivity contribution < 1.29 is 9.53 Å². The second kappa shape index (κ2) is 8.21. The molecule has 2 heterocycles. The molecule has 0 unspecified atom stereocenters. The average molecular weight is 385 g/mol. The first-order chi connectivity index (χ1) is 11.6. The van der Waals surface area contributed by atoms with Crippen molar-refractivity contribution >= 4 is 40.4 Å². The number of carbonyl (C=O) groups excluding carboxylic acids is 1. The van der Waals surface area contributed by atoms with E-state index in [1.807, 2.05) is 4.90 Å². The van der Waals surface area contributed by atoms with E-state index >= 15 is 0 Å². The Balaban J connectivity index is 1.45. The third-order valence-electron chi connectivity index (χ3n) is 3.93. The number of benzene rings is 1. The normalized spacial score (nSPS) is 15.5. The predicted molar refractivity (Wildman–Crippen MR) is 98.1 cm³/mol. The molecular formula is C17H18Cl2N2O2S. The molecule has 0 N–H and O–H groups in total. The van der Waals surface area contributed by atoms with E-state index in [0.717, 1.165) is 32.7 Å². The summed E-state index contributed by atoms with van der Waals surface area (Å²) in [6.45, 7) is 4.16. The maximum Gasteiger partial charge on any atom is 0.260 e. The Bertz CT molecular complexity index is 686. The number of amides is 1. The van der Waals surface area contributed by atoms with Crippen molar-refractivity contribution in [1.29, 1.82) is 0 Å². The van der Waals surface area contributed by atoms with Gasteiger partial charge in [0, 0.05) is 42.6 Å². The fraction of sp³-hybridized carbons (Fsp3) is 0.353. The molecule has 0 radical (unpaired) electrons. The average Bonchev–Trinajstić information content (AvgIpc) is 3.07. The molecule has 0 saturated carbocycles. The smallest absolute Gasteiger partial charge is 0.260 e. The molecule has 1 aliphatic heterocycles. The molecule has 24 heavy (non-hydrogen) atoms. The Hall–Kier alpha value is -1.27. The molecule has 1 saturated heterocycles. The topological polar surface area (TPSA) is 32.8 Å². The lowest BCUT2D eigenvalue weighted by atomic mass is 10.3. The van der Waals surface area contributed by atoms with Gasteiger partial charge in [0.25, 0.3) is 5.91 Å². The standard InChI is InChI=1S/C17H18Cl2N2O2S/c18-13-3-4-16(15(19)10-13)23-12-17(22)21-7-5-20(6-8-21)11-14-2-1-9-24-14/h1-4,9-10H,5-8,11-12H2. The van der Waals surface area contributed by atoms with Crippen LogP contribution in [0.5, 0.6) is 5.75 Å². The van der Waals surface area contributed by atoms with Crippen LogP contribution in [-0.4, -0.2) is 48.5 Å². The highest BCUT2D eigenvalue weighted by atomic mass is 35.5. The van der Waals surface area contributed by atoms with Crippen molar-refractivity contribution in [3.8, 4) is 5.75 Å². The molecule has 1 aromatic heterocycles. The van der Waals surface area contributed by atoms with Gasteiger partial charge >= 0.3 is 0 Å². The fourth-order valence-corrected chi connectivity index (χ4v) is 3.81. The van der Waals surface area contributed by atoms with Crippen LogP contribution in [0.25, 0.3) is 0 Å². The van der Waals surface area contributed by atoms with Crippen LogP contribution in [0, 0.1) is 0 Å². The molecule has 4 nitrogen and oxygen atoms in total. The summed E-state index contributed by atoms with van der Waals surface area (Å²) in [5.41, 5.74) is 0. The van der Waals surface area contributed by atoms with Crippen molar-refractivity contribution in [2.75, 3.05) is 32.8 Å². The first-order valence-electron chi connectivity index (χ1n) is 7.72. The summed E-state index contributed by atoms with van der Waals surface area (Å²) in [4.78, 5) is 17.9. The van der Waals surface area contributed by atoms with Crippen molar-refractivity contribution in [3.05, 3.63) is 50.6 Å². The Morgan fingerprint density at radius 2 is 1.96 bits per heavy atom. The minimum atomic E-state index is -0.0169. The molecular weight excluding hydrogens is 367 g/mol. The summed E-state index contributed by atoms with van der Waals surface area (Å²) in [6.07, 6.45) is 0. The Labute approximate surface area is 155 Å². The largest absolute Gasteiger partial charge is 0.482 e. The lowest BCUT2D eigenvalue weighted by molar-refractivity contribution is -0.135. The summed E-state index contributed by atoms with van der Waals surface area (Å²) < 4.78 is 5.53. The molecule has 1 fully saturated rings. The van der Waals surface area contributed by atoms with Gasteiger partial charge in [-0.1, -0.05) is 29.3 Å². The quantitative estimate of drug-likeness (QED) is 0.786. The molecule has 128 valence electrons. The zero-order chi connectivity index (χ0) is 16.9. The molecule has 0 bridgehead atoms. The SMILES string of the molecule is O=C(COc1ccc(Cl)cc1Cl)N1CCN(Cc2cccs2)CC1. The molecule has 3 rings (SSSR count). The second-order valence-electron chi connectivity index (χ2n) is 5.60. The number of ether oxygens (including phenoxy) is 1. The third-order valence-corrected chi connectivity index (χ3v) is 5.32. The molecule has 1 aromatic carbocycles. The zero-order valence-corrected chi connectivity index (χ0v) is 15.4. The van der Waals surface area contributed by atoms with Gasteiger partial charge in [-0.05, 0) is 29.6 Å². The van der Waals surface area contributed by atoms with Gasteiger partial charge in [-0.3, -0.25) is 9.69 Å². The van der Waals surface area contributed by atoms with Crippen LogP contribution in [0.15, 0.2) is 35.7 Å². The predicted octanol–water partition coefficient (Wildman–Crippen LogP) is 3.78. The minimum Gasteiger partial charge on any atom is -0.482 e. The first kappa shape index (κ1) is 17.5. The monoisotopic (exact) mass is 384 g/mol. The minimum absolute atomic E-state index is 0.00766. The van der Waals surface area contributed by atoms with E-state index in [1.165, 1.54) is 4.88 Å². The van der Waals surface area contributed by atoms with Crippen molar-refractivity contribution in [1.82, 2.24) is 9.80 Å². The van der Waals surface area contributed by atoms with E-state index in [0.29, 0.717) is 15.8 Å². The first-order valence-corrected chi connectivity index (χ1v) is 9.36. The Morgan fingerprint density at radius 1 is 1.17 bits per heavy atom. The van der Waals surface area contributed by atoms with E-state index in [4.69, 9.17) is 27.9 Å². The molecule has 1 amide bonds. The van der Waals surface area contributed by atoms with Gasteiger partial charge in [-0.2, -0.15) is 0 Å². The van der Waals surface area contributed by atoms with Crippen molar-refractivity contribution in [2.24, 2.45) is 0 Å². The van der Waals surface area contributed by atoms with E-state index in [-0.39, 0.29) is 12.5 Å². The molecule has 7 heteroatoms. The lowest BCUT2D eigenvalue weighted by Crippen LogP contribution is -2.49.